The highest BCUT2D eigenvalue weighted by Crippen LogP contribution is 2.43. The van der Waals surface area contributed by atoms with E-state index in [4.69, 9.17) is 4.74 Å². The van der Waals surface area contributed by atoms with E-state index >= 15 is 0 Å². The predicted octanol–water partition coefficient (Wildman–Crippen LogP) is 5.55. The number of anilines is 2. The molecule has 0 bridgehead atoms. The molecule has 0 saturated heterocycles. The summed E-state index contributed by atoms with van der Waals surface area (Å²) in [7, 11) is 12.2. The third-order valence-corrected chi connectivity index (χ3v) is 6.47. The van der Waals surface area contributed by atoms with Crippen LogP contribution in [0.5, 0.6) is 5.75 Å². The molecular formula is C28H34N3O+. The molecule has 0 spiro atoms. The summed E-state index contributed by atoms with van der Waals surface area (Å²) >= 11 is 0. The van der Waals surface area contributed by atoms with Crippen LogP contribution in [0.1, 0.15) is 16.7 Å². The highest BCUT2D eigenvalue weighted by Gasteiger charge is 2.26. The van der Waals surface area contributed by atoms with Gasteiger partial charge in [-0.2, -0.15) is 4.57 Å². The maximum atomic E-state index is 6.00. The zero-order valence-electron chi connectivity index (χ0n) is 20.8. The van der Waals surface area contributed by atoms with Crippen LogP contribution in [0.4, 0.5) is 11.4 Å². The summed E-state index contributed by atoms with van der Waals surface area (Å²) in [6, 6.07) is 15.7. The average Bonchev–Trinajstić information content (AvgIpc) is 2.74. The van der Waals surface area contributed by atoms with Crippen molar-refractivity contribution in [3.63, 3.8) is 0 Å². The van der Waals surface area contributed by atoms with Crippen LogP contribution in [-0.2, 0) is 7.05 Å². The van der Waals surface area contributed by atoms with E-state index in [9.17, 15) is 0 Å². The second kappa shape index (κ2) is 8.01. The van der Waals surface area contributed by atoms with Crippen LogP contribution >= 0.6 is 0 Å². The van der Waals surface area contributed by atoms with Crippen molar-refractivity contribution < 1.29 is 9.30 Å². The maximum absolute atomic E-state index is 6.00. The third kappa shape index (κ3) is 3.44. The largest absolute Gasteiger partial charge is 0.496 e. The third-order valence-electron chi connectivity index (χ3n) is 6.47. The summed E-state index contributed by atoms with van der Waals surface area (Å²) in [4.78, 5) is 4.28. The normalized spacial score (nSPS) is 11.3. The van der Waals surface area contributed by atoms with Gasteiger partial charge in [-0.15, -0.1) is 0 Å². The van der Waals surface area contributed by atoms with Crippen LogP contribution in [0, 0.1) is 20.8 Å². The number of aromatic nitrogens is 1. The molecule has 0 aliphatic rings. The molecule has 0 radical (unpaired) electrons. The molecule has 32 heavy (non-hydrogen) atoms. The lowest BCUT2D eigenvalue weighted by molar-refractivity contribution is -0.617. The molecule has 1 heterocycles. The fraction of sp³-hybridized carbons (Fsp3) is 0.321. The Bertz CT molecular complexity index is 1330. The summed E-state index contributed by atoms with van der Waals surface area (Å²) in [6.07, 6.45) is 0. The molecule has 3 aromatic carbocycles. The molecule has 0 atom stereocenters. The Hall–Kier alpha value is -3.27. The number of rotatable bonds is 4. The van der Waals surface area contributed by atoms with Gasteiger partial charge in [0.2, 0.25) is 11.0 Å². The Morgan fingerprint density at radius 2 is 1.31 bits per heavy atom. The van der Waals surface area contributed by atoms with Gasteiger partial charge in [0.05, 0.1) is 17.9 Å². The Morgan fingerprint density at radius 3 is 1.88 bits per heavy atom. The average molecular weight is 429 g/mol. The minimum Gasteiger partial charge on any atom is -0.496 e. The zero-order valence-corrected chi connectivity index (χ0v) is 20.8. The molecule has 4 heteroatoms. The van der Waals surface area contributed by atoms with Gasteiger partial charge in [0, 0.05) is 63.3 Å². The Morgan fingerprint density at radius 1 is 0.719 bits per heavy atom. The van der Waals surface area contributed by atoms with Crippen LogP contribution in [0.15, 0.2) is 42.5 Å². The molecule has 166 valence electrons. The van der Waals surface area contributed by atoms with Crippen molar-refractivity contribution >= 4 is 33.2 Å². The minimum atomic E-state index is 0.898. The van der Waals surface area contributed by atoms with Crippen LogP contribution in [0.3, 0.4) is 0 Å². The van der Waals surface area contributed by atoms with Crippen LogP contribution in [-0.4, -0.2) is 35.3 Å². The maximum Gasteiger partial charge on any atom is 0.219 e. The molecule has 0 amide bonds. The van der Waals surface area contributed by atoms with Gasteiger partial charge >= 0.3 is 0 Å². The topological polar surface area (TPSA) is 19.6 Å². The highest BCUT2D eigenvalue weighted by atomic mass is 16.5. The number of nitrogens with zero attached hydrogens (tertiary/aromatic N) is 3. The lowest BCUT2D eigenvalue weighted by atomic mass is 9.88. The Balaban J connectivity index is 2.30. The van der Waals surface area contributed by atoms with Crippen molar-refractivity contribution in [2.24, 2.45) is 7.05 Å². The molecule has 0 saturated carbocycles. The fourth-order valence-corrected chi connectivity index (χ4v) is 4.91. The van der Waals surface area contributed by atoms with Gasteiger partial charge < -0.3 is 14.5 Å². The van der Waals surface area contributed by atoms with Crippen molar-refractivity contribution in [3.05, 3.63) is 59.2 Å². The van der Waals surface area contributed by atoms with E-state index in [1.165, 1.54) is 44.4 Å². The van der Waals surface area contributed by atoms with E-state index < -0.39 is 0 Å². The second-order valence-corrected chi connectivity index (χ2v) is 9.24. The predicted molar refractivity (Wildman–Crippen MR) is 137 cm³/mol. The van der Waals surface area contributed by atoms with Crippen molar-refractivity contribution in [1.82, 2.24) is 0 Å². The van der Waals surface area contributed by atoms with Crippen molar-refractivity contribution in [2.75, 3.05) is 45.1 Å². The van der Waals surface area contributed by atoms with E-state index in [-0.39, 0.29) is 0 Å². The summed E-state index contributed by atoms with van der Waals surface area (Å²) in [5.41, 5.74) is 11.1. The van der Waals surface area contributed by atoms with E-state index in [1.807, 2.05) is 0 Å². The molecule has 0 aliphatic carbocycles. The first-order valence-electron chi connectivity index (χ1n) is 11.0. The van der Waals surface area contributed by atoms with Crippen LogP contribution in [0.2, 0.25) is 0 Å². The quantitative estimate of drug-likeness (QED) is 0.314. The zero-order chi connectivity index (χ0) is 23.3. The molecule has 1 aromatic heterocycles. The molecule has 0 N–H and O–H groups in total. The number of hydrogen-bond donors (Lipinski definition) is 0. The smallest absolute Gasteiger partial charge is 0.219 e. The summed E-state index contributed by atoms with van der Waals surface area (Å²) in [5.74, 6) is 0.898. The first kappa shape index (κ1) is 21.9. The lowest BCUT2D eigenvalue weighted by Crippen LogP contribution is -2.31. The molecule has 0 aliphatic heterocycles. The van der Waals surface area contributed by atoms with Crippen LogP contribution < -0.4 is 19.1 Å². The SMILES string of the molecule is COc1cc(N(C)C)cc2c1c(-c1c(C)cc(C)cc1C)c1ccc(N(C)C)cc1[n+]2C. The highest BCUT2D eigenvalue weighted by molar-refractivity contribution is 6.11. The Labute approximate surface area is 191 Å². The lowest BCUT2D eigenvalue weighted by Gasteiger charge is -2.20. The first-order valence-corrected chi connectivity index (χ1v) is 11.0. The molecule has 4 nitrogen and oxygen atoms in total. The molecule has 4 rings (SSSR count). The van der Waals surface area contributed by atoms with Gasteiger partial charge in [-0.05, 0) is 49.6 Å². The monoisotopic (exact) mass is 428 g/mol. The fourth-order valence-electron chi connectivity index (χ4n) is 4.91. The van der Waals surface area contributed by atoms with Gasteiger partial charge in [-0.1, -0.05) is 17.7 Å². The van der Waals surface area contributed by atoms with Crippen LogP contribution in [0.25, 0.3) is 32.9 Å². The Kier molecular flexibility index (Phi) is 5.49. The number of benzene rings is 3. The van der Waals surface area contributed by atoms with E-state index in [2.05, 4.69) is 113 Å². The molecular weight excluding hydrogens is 394 g/mol. The minimum absolute atomic E-state index is 0.898. The number of ether oxygens (including phenoxy) is 1. The number of aryl methyl sites for hydroxylation is 4. The van der Waals surface area contributed by atoms with Gasteiger partial charge in [0.15, 0.2) is 0 Å². The first-order chi connectivity index (χ1) is 15.1. The van der Waals surface area contributed by atoms with Gasteiger partial charge in [-0.25, -0.2) is 0 Å². The summed E-state index contributed by atoms with van der Waals surface area (Å²) in [5, 5.41) is 2.39. The van der Waals surface area contributed by atoms with Crippen molar-refractivity contribution in [2.45, 2.75) is 20.8 Å². The number of methoxy groups -OCH3 is 1. The van der Waals surface area contributed by atoms with E-state index in [0.717, 1.165) is 22.3 Å². The molecule has 0 unspecified atom stereocenters. The van der Waals surface area contributed by atoms with E-state index in [1.54, 1.807) is 7.11 Å². The second-order valence-electron chi connectivity index (χ2n) is 9.24. The standard InChI is InChI=1S/C28H34N3O/c1-17-12-18(2)26(19(3)13-17)27-22-11-10-20(29(4)5)14-23(22)31(8)24-15-21(30(6)7)16-25(32-9)28(24)27/h10-16H,1-9H3/q+1. The summed E-state index contributed by atoms with van der Waals surface area (Å²) in [6.45, 7) is 6.60. The summed E-state index contributed by atoms with van der Waals surface area (Å²) < 4.78 is 8.30. The van der Waals surface area contributed by atoms with Gasteiger partial charge in [-0.3, -0.25) is 0 Å². The molecule has 0 fully saturated rings. The van der Waals surface area contributed by atoms with Crippen molar-refractivity contribution in [3.8, 4) is 16.9 Å². The van der Waals surface area contributed by atoms with Gasteiger partial charge in [0.25, 0.3) is 0 Å². The number of hydrogen-bond acceptors (Lipinski definition) is 3. The number of pyridine rings is 1. The van der Waals surface area contributed by atoms with Gasteiger partial charge in [0.1, 0.15) is 12.8 Å². The van der Waals surface area contributed by atoms with Crippen molar-refractivity contribution in [1.29, 1.82) is 0 Å². The molecule has 4 aromatic rings. The number of fused-ring (bicyclic) bond motifs is 2. The van der Waals surface area contributed by atoms with E-state index in [0.29, 0.717) is 0 Å².